The molecule has 0 saturated carbocycles. The molecule has 1 aliphatic rings. The molecule has 1 N–H and O–H groups in total. The van der Waals surface area contributed by atoms with Crippen molar-refractivity contribution >= 4 is 59.6 Å². The van der Waals surface area contributed by atoms with E-state index in [0.29, 0.717) is 5.88 Å². The van der Waals surface area contributed by atoms with E-state index in [1.165, 1.54) is 11.1 Å². The maximum Gasteiger partial charge on any atom is 0.214 e. The largest absolute Gasteiger partial charge is 0.481 e. The summed E-state index contributed by atoms with van der Waals surface area (Å²) in [6.07, 6.45) is 3.85. The van der Waals surface area contributed by atoms with Gasteiger partial charge in [-0.1, -0.05) is 12.1 Å². The summed E-state index contributed by atoms with van der Waals surface area (Å²) in [5.74, 6) is 1.61. The summed E-state index contributed by atoms with van der Waals surface area (Å²) < 4.78 is 5.27. The highest BCUT2D eigenvalue weighted by Crippen LogP contribution is 2.31. The zero-order valence-corrected chi connectivity index (χ0v) is 20.8. The zero-order chi connectivity index (χ0) is 20.5. The van der Waals surface area contributed by atoms with Gasteiger partial charge in [-0.2, -0.15) is 10.1 Å². The summed E-state index contributed by atoms with van der Waals surface area (Å²) in [6, 6.07) is 14.5. The summed E-state index contributed by atoms with van der Waals surface area (Å²) in [5.41, 5.74) is 5.51. The Bertz CT molecular complexity index is 1190. The number of aromatic amines is 1. The molecule has 4 heterocycles. The van der Waals surface area contributed by atoms with Crippen LogP contribution in [-0.2, 0) is 0 Å². The number of nitrogens with one attached hydrogen (secondary N) is 1. The van der Waals surface area contributed by atoms with E-state index in [-0.39, 0.29) is 37.2 Å². The molecule has 0 amide bonds. The molecule has 176 valence electrons. The Hall–Kier alpha value is -2.74. The standard InChI is InChI=1S/C23H24N6O.3ClH/c1-16-19(15-25-27-16)17-6-7-20-18(14-17)21(8-9-24-20)28-10-12-29(13-11-28)22-4-3-5-23(26-22)30-2;;;/h3-9,14-15H,10-13H2,1-2H3,(H,25,27);3*1H. The molecule has 4 aromatic rings. The average molecular weight is 510 g/mol. The highest BCUT2D eigenvalue weighted by atomic mass is 35.5. The van der Waals surface area contributed by atoms with E-state index in [0.717, 1.165) is 54.3 Å². The normalized spacial score (nSPS) is 13.0. The van der Waals surface area contributed by atoms with E-state index in [1.807, 2.05) is 37.5 Å². The Labute approximate surface area is 211 Å². The minimum atomic E-state index is 0. The van der Waals surface area contributed by atoms with Crippen LogP contribution in [0.5, 0.6) is 5.88 Å². The Morgan fingerprint density at radius 3 is 2.39 bits per heavy atom. The summed E-state index contributed by atoms with van der Waals surface area (Å²) in [6.45, 7) is 5.68. The number of aromatic nitrogens is 4. The van der Waals surface area contributed by atoms with Gasteiger partial charge in [-0.15, -0.1) is 37.2 Å². The van der Waals surface area contributed by atoms with Crippen LogP contribution in [0.4, 0.5) is 11.5 Å². The summed E-state index contributed by atoms with van der Waals surface area (Å²) in [7, 11) is 1.65. The third kappa shape index (κ3) is 5.27. The average Bonchev–Trinajstić information content (AvgIpc) is 3.24. The van der Waals surface area contributed by atoms with Crippen molar-refractivity contribution in [1.82, 2.24) is 20.2 Å². The van der Waals surface area contributed by atoms with Crippen LogP contribution < -0.4 is 14.5 Å². The number of ether oxygens (including phenoxy) is 1. The number of rotatable bonds is 4. The first-order chi connectivity index (χ1) is 14.7. The molecule has 0 unspecified atom stereocenters. The Morgan fingerprint density at radius 2 is 1.70 bits per heavy atom. The zero-order valence-electron chi connectivity index (χ0n) is 18.4. The number of benzene rings is 1. The molecule has 3 aromatic heterocycles. The van der Waals surface area contributed by atoms with Crippen molar-refractivity contribution in [2.75, 3.05) is 43.1 Å². The van der Waals surface area contributed by atoms with Crippen LogP contribution in [0.25, 0.3) is 22.0 Å². The van der Waals surface area contributed by atoms with Crippen LogP contribution in [0.3, 0.4) is 0 Å². The second kappa shape index (κ2) is 11.4. The van der Waals surface area contributed by atoms with Crippen LogP contribution in [-0.4, -0.2) is 53.5 Å². The van der Waals surface area contributed by atoms with Gasteiger partial charge in [0.05, 0.1) is 18.3 Å². The van der Waals surface area contributed by atoms with Crippen molar-refractivity contribution in [2.24, 2.45) is 0 Å². The van der Waals surface area contributed by atoms with Gasteiger partial charge in [0.1, 0.15) is 5.82 Å². The number of piperazine rings is 1. The lowest BCUT2D eigenvalue weighted by atomic mass is 10.0. The molecule has 1 aliphatic heterocycles. The number of methoxy groups -OCH3 is 1. The van der Waals surface area contributed by atoms with Crippen molar-refractivity contribution in [2.45, 2.75) is 6.92 Å². The van der Waals surface area contributed by atoms with Gasteiger partial charge in [0.15, 0.2) is 0 Å². The number of nitrogens with zero attached hydrogens (tertiary/aromatic N) is 5. The number of H-pyrrole nitrogens is 1. The third-order valence-corrected chi connectivity index (χ3v) is 5.72. The maximum absolute atomic E-state index is 5.27. The van der Waals surface area contributed by atoms with Crippen LogP contribution in [0, 0.1) is 6.92 Å². The second-order valence-corrected chi connectivity index (χ2v) is 7.46. The molecule has 0 spiro atoms. The molecule has 0 aliphatic carbocycles. The van der Waals surface area contributed by atoms with Gasteiger partial charge in [-0.25, -0.2) is 0 Å². The molecule has 1 saturated heterocycles. The van der Waals surface area contributed by atoms with Gasteiger partial charge in [-0.3, -0.25) is 10.1 Å². The number of pyridine rings is 2. The minimum Gasteiger partial charge on any atom is -0.481 e. The van der Waals surface area contributed by atoms with Crippen molar-refractivity contribution in [3.05, 3.63) is 60.6 Å². The first kappa shape index (κ1) is 26.5. The quantitative estimate of drug-likeness (QED) is 0.421. The second-order valence-electron chi connectivity index (χ2n) is 7.46. The molecular weight excluding hydrogens is 483 g/mol. The molecule has 5 rings (SSSR count). The number of anilines is 2. The van der Waals surface area contributed by atoms with E-state index in [1.54, 1.807) is 7.11 Å². The lowest BCUT2D eigenvalue weighted by molar-refractivity contribution is 0.397. The van der Waals surface area contributed by atoms with Gasteiger partial charge in [0.25, 0.3) is 0 Å². The number of hydrogen-bond donors (Lipinski definition) is 1. The molecule has 0 atom stereocenters. The molecule has 7 nitrogen and oxygen atoms in total. The molecular formula is C23H27Cl3N6O. The highest BCUT2D eigenvalue weighted by Gasteiger charge is 2.20. The fraction of sp³-hybridized carbons (Fsp3) is 0.261. The van der Waals surface area contributed by atoms with E-state index >= 15 is 0 Å². The lowest BCUT2D eigenvalue weighted by Gasteiger charge is -2.37. The van der Waals surface area contributed by atoms with Gasteiger partial charge < -0.3 is 14.5 Å². The van der Waals surface area contributed by atoms with Gasteiger partial charge >= 0.3 is 0 Å². The third-order valence-electron chi connectivity index (χ3n) is 5.72. The van der Waals surface area contributed by atoms with Crippen LogP contribution in [0.2, 0.25) is 0 Å². The fourth-order valence-corrected chi connectivity index (χ4v) is 4.10. The topological polar surface area (TPSA) is 70.2 Å². The van der Waals surface area contributed by atoms with E-state index in [2.05, 4.69) is 54.2 Å². The number of fused-ring (bicyclic) bond motifs is 1. The van der Waals surface area contributed by atoms with Crippen molar-refractivity contribution in [3.8, 4) is 17.0 Å². The van der Waals surface area contributed by atoms with Gasteiger partial charge in [-0.05, 0) is 36.8 Å². The van der Waals surface area contributed by atoms with Gasteiger partial charge in [0.2, 0.25) is 5.88 Å². The monoisotopic (exact) mass is 508 g/mol. The van der Waals surface area contributed by atoms with Crippen LogP contribution in [0.15, 0.2) is 54.9 Å². The van der Waals surface area contributed by atoms with E-state index < -0.39 is 0 Å². The fourth-order valence-electron chi connectivity index (χ4n) is 4.10. The Morgan fingerprint density at radius 1 is 0.939 bits per heavy atom. The SMILES string of the molecule is COc1cccc(N2CCN(c3ccnc4ccc(-c5c[nH]nc5C)cc34)CC2)n1.Cl.Cl.Cl. The first-order valence-electron chi connectivity index (χ1n) is 10.1. The summed E-state index contributed by atoms with van der Waals surface area (Å²) >= 11 is 0. The molecule has 10 heteroatoms. The first-order valence-corrected chi connectivity index (χ1v) is 10.1. The van der Waals surface area contributed by atoms with Crippen LogP contribution in [0.1, 0.15) is 5.69 Å². The van der Waals surface area contributed by atoms with E-state index in [9.17, 15) is 0 Å². The van der Waals surface area contributed by atoms with Gasteiger partial charge in [0, 0.05) is 61.3 Å². The predicted octanol–water partition coefficient (Wildman–Crippen LogP) is 4.93. The summed E-state index contributed by atoms with van der Waals surface area (Å²) in [4.78, 5) is 13.9. The predicted molar refractivity (Wildman–Crippen MR) is 141 cm³/mol. The molecule has 33 heavy (non-hydrogen) atoms. The lowest BCUT2D eigenvalue weighted by Crippen LogP contribution is -2.46. The number of aryl methyl sites for hydroxylation is 1. The highest BCUT2D eigenvalue weighted by molar-refractivity contribution is 5.95. The number of halogens is 3. The number of hydrogen-bond acceptors (Lipinski definition) is 6. The Kier molecular flexibility index (Phi) is 9.16. The molecule has 1 aromatic carbocycles. The minimum absolute atomic E-state index is 0. The van der Waals surface area contributed by atoms with Crippen molar-refractivity contribution in [3.63, 3.8) is 0 Å². The molecule has 1 fully saturated rings. The van der Waals surface area contributed by atoms with Crippen LogP contribution >= 0.6 is 37.2 Å². The summed E-state index contributed by atoms with van der Waals surface area (Å²) in [5, 5.41) is 8.39. The van der Waals surface area contributed by atoms with Crippen molar-refractivity contribution in [1.29, 1.82) is 0 Å². The van der Waals surface area contributed by atoms with E-state index in [4.69, 9.17) is 4.74 Å². The Balaban J connectivity index is 0.00000128. The molecule has 0 bridgehead atoms. The van der Waals surface area contributed by atoms with Crippen molar-refractivity contribution < 1.29 is 4.74 Å². The molecule has 0 radical (unpaired) electrons. The maximum atomic E-state index is 5.27. The smallest absolute Gasteiger partial charge is 0.214 e.